The normalized spacial score (nSPS) is 14.8. The number of benzene rings is 1. The summed E-state index contributed by atoms with van der Waals surface area (Å²) < 4.78 is 49.9. The minimum atomic E-state index is -4.01. The van der Waals surface area contributed by atoms with Crippen molar-refractivity contribution in [3.05, 3.63) is 29.0 Å². The number of aromatic nitrogens is 2. The van der Waals surface area contributed by atoms with E-state index in [2.05, 4.69) is 14.1 Å². The summed E-state index contributed by atoms with van der Waals surface area (Å²) in [5.41, 5.74) is 0. The lowest BCUT2D eigenvalue weighted by Gasteiger charge is -2.12. The molecule has 1 aromatic heterocycles. The van der Waals surface area contributed by atoms with Crippen LogP contribution in [0.4, 0.5) is 10.3 Å². The molecule has 1 saturated carbocycles. The molecule has 1 heterocycles. The molecule has 9 heteroatoms. The summed E-state index contributed by atoms with van der Waals surface area (Å²) in [6.07, 6.45) is 2.15. The zero-order valence-electron chi connectivity index (χ0n) is 11.7. The van der Waals surface area contributed by atoms with Gasteiger partial charge in [0, 0.05) is 0 Å². The van der Waals surface area contributed by atoms with E-state index in [-0.39, 0.29) is 16.6 Å². The molecule has 0 saturated heterocycles. The quantitative estimate of drug-likeness (QED) is 0.872. The minimum absolute atomic E-state index is 0.0279. The van der Waals surface area contributed by atoms with E-state index >= 15 is 0 Å². The van der Waals surface area contributed by atoms with Gasteiger partial charge in [0.1, 0.15) is 21.5 Å². The zero-order valence-corrected chi connectivity index (χ0v) is 13.4. The van der Waals surface area contributed by atoms with Crippen molar-refractivity contribution in [2.75, 3.05) is 11.3 Å². The van der Waals surface area contributed by atoms with Gasteiger partial charge in [-0.3, -0.25) is 0 Å². The van der Waals surface area contributed by atoms with E-state index in [4.69, 9.17) is 4.74 Å². The average molecular weight is 343 g/mol. The highest BCUT2D eigenvalue weighted by atomic mass is 32.2. The average Bonchev–Trinajstić information content (AvgIpc) is 3.20. The molecule has 1 aromatic carbocycles. The highest BCUT2D eigenvalue weighted by Crippen LogP contribution is 2.32. The number of nitrogens with zero attached hydrogens (tertiary/aromatic N) is 2. The molecule has 2 aromatic rings. The number of ether oxygens (including phenoxy) is 1. The fourth-order valence-electron chi connectivity index (χ4n) is 1.82. The summed E-state index contributed by atoms with van der Waals surface area (Å²) in [6.45, 7) is 2.14. The topological polar surface area (TPSA) is 81.2 Å². The van der Waals surface area contributed by atoms with Crippen molar-refractivity contribution < 1.29 is 17.5 Å². The Morgan fingerprint density at radius 3 is 2.86 bits per heavy atom. The largest absolute Gasteiger partial charge is 0.492 e. The molecule has 1 aliphatic rings. The van der Waals surface area contributed by atoms with E-state index in [0.717, 1.165) is 30.4 Å². The first-order valence-corrected chi connectivity index (χ1v) is 8.95. The van der Waals surface area contributed by atoms with Crippen molar-refractivity contribution in [1.29, 1.82) is 0 Å². The molecule has 0 aliphatic heterocycles. The molecule has 22 heavy (non-hydrogen) atoms. The van der Waals surface area contributed by atoms with Gasteiger partial charge in [0.15, 0.2) is 0 Å². The number of rotatable bonds is 6. The van der Waals surface area contributed by atoms with Gasteiger partial charge in [0.25, 0.3) is 10.0 Å². The Bertz CT molecular complexity index is 788. The number of anilines is 1. The van der Waals surface area contributed by atoms with Crippen molar-refractivity contribution in [2.45, 2.75) is 24.7 Å². The molecule has 0 radical (unpaired) electrons. The van der Waals surface area contributed by atoms with Crippen LogP contribution >= 0.6 is 11.5 Å². The molecule has 3 rings (SSSR count). The molecule has 0 spiro atoms. The van der Waals surface area contributed by atoms with E-state index in [1.54, 1.807) is 6.92 Å². The Labute approximate surface area is 131 Å². The Kier molecular flexibility index (Phi) is 4.00. The van der Waals surface area contributed by atoms with Gasteiger partial charge in [-0.2, -0.15) is 4.37 Å². The molecule has 0 unspecified atom stereocenters. The predicted molar refractivity (Wildman–Crippen MR) is 80.1 cm³/mol. The monoisotopic (exact) mass is 343 g/mol. The van der Waals surface area contributed by atoms with Gasteiger partial charge in [0.2, 0.25) is 5.95 Å². The zero-order chi connectivity index (χ0) is 15.7. The van der Waals surface area contributed by atoms with Crippen molar-refractivity contribution in [2.24, 2.45) is 5.92 Å². The molecule has 0 atom stereocenters. The fraction of sp³-hybridized carbons (Fsp3) is 0.385. The molecule has 1 fully saturated rings. The minimum Gasteiger partial charge on any atom is -0.492 e. The Morgan fingerprint density at radius 1 is 1.45 bits per heavy atom. The van der Waals surface area contributed by atoms with Gasteiger partial charge in [0.05, 0.1) is 6.61 Å². The van der Waals surface area contributed by atoms with Crippen molar-refractivity contribution in [3.63, 3.8) is 0 Å². The third-order valence-electron chi connectivity index (χ3n) is 3.12. The second-order valence-corrected chi connectivity index (χ2v) is 7.69. The predicted octanol–water partition coefficient (Wildman–Crippen LogP) is 2.58. The number of nitrogens with one attached hydrogen (secondary N) is 1. The standard InChI is InChI=1S/C13H14FN3O3S2/c1-8-15-13(16-21-8)17-22(18,19)12-6-10(14)4-5-11(12)20-7-9-2-3-9/h4-6,9H,2-3,7H2,1H3,(H,16,17). The maximum Gasteiger partial charge on any atom is 0.268 e. The van der Waals surface area contributed by atoms with E-state index in [1.807, 2.05) is 0 Å². The van der Waals surface area contributed by atoms with Crippen LogP contribution in [-0.2, 0) is 10.0 Å². The maximum absolute atomic E-state index is 13.5. The fourth-order valence-corrected chi connectivity index (χ4v) is 3.41. The first kappa shape index (κ1) is 15.2. The van der Waals surface area contributed by atoms with Crippen LogP contribution in [-0.4, -0.2) is 24.4 Å². The van der Waals surface area contributed by atoms with Gasteiger partial charge >= 0.3 is 0 Å². The van der Waals surface area contributed by atoms with Crippen LogP contribution < -0.4 is 9.46 Å². The number of hydrogen-bond donors (Lipinski definition) is 1. The van der Waals surface area contributed by atoms with Crippen LogP contribution in [0.3, 0.4) is 0 Å². The third-order valence-corrected chi connectivity index (χ3v) is 5.09. The van der Waals surface area contributed by atoms with E-state index < -0.39 is 15.8 Å². The van der Waals surface area contributed by atoms with Crippen LogP contribution in [0.1, 0.15) is 17.8 Å². The Morgan fingerprint density at radius 2 is 2.23 bits per heavy atom. The molecule has 1 aliphatic carbocycles. The number of hydrogen-bond acceptors (Lipinski definition) is 6. The van der Waals surface area contributed by atoms with Gasteiger partial charge in [-0.15, -0.1) is 0 Å². The van der Waals surface area contributed by atoms with Gasteiger partial charge in [-0.05, 0) is 55.4 Å². The highest BCUT2D eigenvalue weighted by molar-refractivity contribution is 7.92. The van der Waals surface area contributed by atoms with Crippen LogP contribution in [0.15, 0.2) is 23.1 Å². The lowest BCUT2D eigenvalue weighted by molar-refractivity contribution is 0.291. The maximum atomic E-state index is 13.5. The second kappa shape index (κ2) is 5.81. The van der Waals surface area contributed by atoms with Crippen LogP contribution in [0.2, 0.25) is 0 Å². The number of sulfonamides is 1. The highest BCUT2D eigenvalue weighted by Gasteiger charge is 2.26. The molecule has 118 valence electrons. The summed E-state index contributed by atoms with van der Waals surface area (Å²) >= 11 is 1.08. The summed E-state index contributed by atoms with van der Waals surface area (Å²) in [5.74, 6) is -0.0920. The smallest absolute Gasteiger partial charge is 0.268 e. The lowest BCUT2D eigenvalue weighted by atomic mass is 10.3. The number of halogens is 1. The van der Waals surface area contributed by atoms with Crippen molar-refractivity contribution >= 4 is 27.5 Å². The van der Waals surface area contributed by atoms with Gasteiger partial charge in [-0.1, -0.05) is 0 Å². The summed E-state index contributed by atoms with van der Waals surface area (Å²) in [4.78, 5) is 3.69. The second-order valence-electron chi connectivity index (χ2n) is 5.09. The van der Waals surface area contributed by atoms with Crippen LogP contribution in [0.5, 0.6) is 5.75 Å². The molecule has 6 nitrogen and oxygen atoms in total. The van der Waals surface area contributed by atoms with E-state index in [1.165, 1.54) is 12.1 Å². The van der Waals surface area contributed by atoms with Crippen molar-refractivity contribution in [1.82, 2.24) is 9.36 Å². The SMILES string of the molecule is Cc1nc(NS(=O)(=O)c2cc(F)ccc2OCC2CC2)ns1. The summed E-state index contributed by atoms with van der Waals surface area (Å²) in [5, 5.41) is 0.627. The van der Waals surface area contributed by atoms with E-state index in [0.29, 0.717) is 17.5 Å². The first-order valence-electron chi connectivity index (χ1n) is 6.69. The van der Waals surface area contributed by atoms with Crippen molar-refractivity contribution in [3.8, 4) is 5.75 Å². The molecule has 1 N–H and O–H groups in total. The molecule has 0 amide bonds. The van der Waals surface area contributed by atoms with Gasteiger partial charge < -0.3 is 4.74 Å². The van der Waals surface area contributed by atoms with E-state index in [9.17, 15) is 12.8 Å². The molecule has 0 bridgehead atoms. The summed E-state index contributed by atoms with van der Waals surface area (Å²) in [6, 6.07) is 3.43. The van der Waals surface area contributed by atoms with Crippen LogP contribution in [0.25, 0.3) is 0 Å². The number of aryl methyl sites for hydroxylation is 1. The van der Waals surface area contributed by atoms with Gasteiger partial charge in [-0.25, -0.2) is 22.5 Å². The van der Waals surface area contributed by atoms with Crippen LogP contribution in [0, 0.1) is 18.7 Å². The first-order chi connectivity index (χ1) is 10.4. The Balaban J connectivity index is 1.88. The molecular formula is C13H14FN3O3S2. The lowest BCUT2D eigenvalue weighted by Crippen LogP contribution is -2.16. The Hall–Kier alpha value is -1.74. The third kappa shape index (κ3) is 3.53. The molecular weight excluding hydrogens is 329 g/mol. The summed E-state index contributed by atoms with van der Waals surface area (Å²) in [7, 11) is -4.01.